The van der Waals surface area contributed by atoms with E-state index in [1.54, 1.807) is 19.5 Å². The van der Waals surface area contributed by atoms with Crippen molar-refractivity contribution in [2.75, 3.05) is 7.11 Å². The number of aromatic hydroxyl groups is 1. The zero-order valence-corrected chi connectivity index (χ0v) is 6.98. The molecular formula is C8H10N2O2. The van der Waals surface area contributed by atoms with Crippen molar-refractivity contribution in [3.8, 4) is 5.75 Å². The molecule has 0 saturated carbocycles. The highest BCUT2D eigenvalue weighted by Crippen LogP contribution is 2.25. The van der Waals surface area contributed by atoms with E-state index in [0.29, 0.717) is 5.52 Å². The molecular weight excluding hydrogens is 156 g/mol. The Morgan fingerprint density at radius 3 is 2.92 bits per heavy atom. The molecule has 64 valence electrons. The lowest BCUT2D eigenvalue weighted by Gasteiger charge is -1.99. The highest BCUT2D eigenvalue weighted by atomic mass is 16.6. The van der Waals surface area contributed by atoms with Crippen LogP contribution in [0, 0.1) is 0 Å². The van der Waals surface area contributed by atoms with Crippen molar-refractivity contribution in [2.24, 2.45) is 7.05 Å². The van der Waals surface area contributed by atoms with Crippen LogP contribution >= 0.6 is 0 Å². The largest absolute Gasteiger partial charge is 0.504 e. The molecule has 0 aliphatic heterocycles. The van der Waals surface area contributed by atoms with Crippen molar-refractivity contribution >= 4 is 11.0 Å². The summed E-state index contributed by atoms with van der Waals surface area (Å²) >= 11 is 0. The lowest BCUT2D eigenvalue weighted by atomic mass is 10.5. The number of hydrogen-bond acceptors (Lipinski definition) is 2. The number of rotatable bonds is 1. The molecule has 0 spiro atoms. The third kappa shape index (κ3) is 0.717. The maximum atomic E-state index is 9.47. The predicted octanol–water partition coefficient (Wildman–Crippen LogP) is 0.744. The van der Waals surface area contributed by atoms with E-state index in [4.69, 9.17) is 4.84 Å². The molecule has 2 heterocycles. The summed E-state index contributed by atoms with van der Waals surface area (Å²) in [6, 6.07) is 1.89. The van der Waals surface area contributed by atoms with Crippen LogP contribution in [0.3, 0.4) is 0 Å². The van der Waals surface area contributed by atoms with Gasteiger partial charge in [0.2, 0.25) is 0 Å². The van der Waals surface area contributed by atoms with Crippen molar-refractivity contribution in [1.82, 2.24) is 9.30 Å². The Kier molecular flexibility index (Phi) is 1.30. The van der Waals surface area contributed by atoms with Crippen LogP contribution in [0.5, 0.6) is 5.75 Å². The van der Waals surface area contributed by atoms with Gasteiger partial charge in [0.1, 0.15) is 12.6 Å². The van der Waals surface area contributed by atoms with Crippen LogP contribution < -0.4 is 4.84 Å². The summed E-state index contributed by atoms with van der Waals surface area (Å²) in [5.74, 6) is 0.236. The lowest BCUT2D eigenvalue weighted by Crippen LogP contribution is -2.02. The van der Waals surface area contributed by atoms with Gasteiger partial charge in [-0.2, -0.15) is 4.73 Å². The minimum atomic E-state index is 0.236. The Morgan fingerprint density at radius 1 is 1.50 bits per heavy atom. The highest BCUT2D eigenvalue weighted by molar-refractivity contribution is 5.83. The molecule has 0 amide bonds. The van der Waals surface area contributed by atoms with Crippen LogP contribution in [0.2, 0.25) is 0 Å². The van der Waals surface area contributed by atoms with Crippen molar-refractivity contribution in [3.05, 3.63) is 18.5 Å². The Hall–Kier alpha value is -1.58. The average molecular weight is 166 g/mol. The summed E-state index contributed by atoms with van der Waals surface area (Å²) < 4.78 is 3.38. The first-order chi connectivity index (χ1) is 5.74. The van der Waals surface area contributed by atoms with Crippen LogP contribution in [0.25, 0.3) is 11.0 Å². The first kappa shape index (κ1) is 7.09. The van der Waals surface area contributed by atoms with E-state index < -0.39 is 0 Å². The van der Waals surface area contributed by atoms with E-state index in [2.05, 4.69) is 0 Å². The molecule has 2 aromatic rings. The van der Waals surface area contributed by atoms with E-state index in [1.807, 2.05) is 17.7 Å². The molecule has 0 radical (unpaired) electrons. The van der Waals surface area contributed by atoms with Crippen LogP contribution in [-0.2, 0) is 7.05 Å². The third-order valence-electron chi connectivity index (χ3n) is 1.97. The fourth-order valence-corrected chi connectivity index (χ4v) is 1.40. The van der Waals surface area contributed by atoms with Gasteiger partial charge in [-0.1, -0.05) is 0 Å². The van der Waals surface area contributed by atoms with E-state index in [9.17, 15) is 5.11 Å². The Labute approximate surface area is 69.5 Å². The molecule has 4 nitrogen and oxygen atoms in total. The van der Waals surface area contributed by atoms with Gasteiger partial charge in [0.05, 0.1) is 5.52 Å². The predicted molar refractivity (Wildman–Crippen MR) is 45.1 cm³/mol. The van der Waals surface area contributed by atoms with E-state index in [-0.39, 0.29) is 5.75 Å². The van der Waals surface area contributed by atoms with Gasteiger partial charge in [0, 0.05) is 19.4 Å². The van der Waals surface area contributed by atoms with Crippen LogP contribution in [0.4, 0.5) is 0 Å². The molecule has 0 aliphatic carbocycles. The van der Waals surface area contributed by atoms with Crippen molar-refractivity contribution in [1.29, 1.82) is 0 Å². The van der Waals surface area contributed by atoms with Crippen molar-refractivity contribution < 1.29 is 9.94 Å². The second-order valence-corrected chi connectivity index (χ2v) is 2.68. The zero-order valence-electron chi connectivity index (χ0n) is 6.98. The molecule has 0 aliphatic rings. The number of hydrogen-bond donors (Lipinski definition) is 1. The van der Waals surface area contributed by atoms with E-state index in [0.717, 1.165) is 5.52 Å². The second-order valence-electron chi connectivity index (χ2n) is 2.68. The van der Waals surface area contributed by atoms with Crippen molar-refractivity contribution in [3.63, 3.8) is 0 Å². The van der Waals surface area contributed by atoms with Crippen LogP contribution in [0.1, 0.15) is 0 Å². The smallest absolute Gasteiger partial charge is 0.161 e. The monoisotopic (exact) mass is 166 g/mol. The first-order valence-corrected chi connectivity index (χ1v) is 3.64. The SMILES string of the molecule is COn1ccc2c1c(O)cn2C. The fourth-order valence-electron chi connectivity index (χ4n) is 1.40. The minimum Gasteiger partial charge on any atom is -0.504 e. The Morgan fingerprint density at radius 2 is 2.25 bits per heavy atom. The van der Waals surface area contributed by atoms with Gasteiger partial charge in [-0.25, -0.2) is 0 Å². The first-order valence-electron chi connectivity index (χ1n) is 3.64. The van der Waals surface area contributed by atoms with Crippen molar-refractivity contribution in [2.45, 2.75) is 0 Å². The summed E-state index contributed by atoms with van der Waals surface area (Å²) in [6.07, 6.45) is 3.42. The van der Waals surface area contributed by atoms with Gasteiger partial charge >= 0.3 is 0 Å². The van der Waals surface area contributed by atoms with Gasteiger partial charge < -0.3 is 14.5 Å². The summed E-state index contributed by atoms with van der Waals surface area (Å²) in [4.78, 5) is 5.00. The summed E-state index contributed by atoms with van der Waals surface area (Å²) in [7, 11) is 3.44. The van der Waals surface area contributed by atoms with Gasteiger partial charge in [0.25, 0.3) is 0 Å². The van der Waals surface area contributed by atoms with E-state index in [1.165, 1.54) is 4.73 Å². The topological polar surface area (TPSA) is 39.3 Å². The molecule has 0 saturated heterocycles. The summed E-state index contributed by atoms with van der Waals surface area (Å²) in [6.45, 7) is 0. The van der Waals surface area contributed by atoms with Gasteiger partial charge in [-0.15, -0.1) is 0 Å². The normalized spacial score (nSPS) is 10.8. The molecule has 0 bridgehead atoms. The maximum Gasteiger partial charge on any atom is 0.161 e. The van der Waals surface area contributed by atoms with E-state index >= 15 is 0 Å². The second kappa shape index (κ2) is 2.20. The molecule has 12 heavy (non-hydrogen) atoms. The average Bonchev–Trinajstić information content (AvgIpc) is 2.55. The molecule has 0 aromatic carbocycles. The number of nitrogens with zero attached hydrogens (tertiary/aromatic N) is 2. The maximum absolute atomic E-state index is 9.47. The standard InChI is InChI=1S/C8H10N2O2/c1-9-5-7(11)8-6(9)3-4-10(8)12-2/h3-5,11H,1-2H3. The highest BCUT2D eigenvalue weighted by Gasteiger charge is 2.09. The van der Waals surface area contributed by atoms with Gasteiger partial charge in [-0.05, 0) is 6.07 Å². The summed E-state index contributed by atoms with van der Waals surface area (Å²) in [5.41, 5.74) is 1.66. The van der Waals surface area contributed by atoms with Crippen LogP contribution in [-0.4, -0.2) is 21.5 Å². The van der Waals surface area contributed by atoms with Gasteiger partial charge in [0.15, 0.2) is 5.75 Å². The zero-order chi connectivity index (χ0) is 8.72. The summed E-state index contributed by atoms with van der Waals surface area (Å²) in [5, 5.41) is 9.47. The molecule has 0 fully saturated rings. The number of aryl methyl sites for hydroxylation is 1. The Bertz CT molecular complexity index is 414. The Balaban J connectivity index is 2.84. The quantitative estimate of drug-likeness (QED) is 0.678. The fraction of sp³-hybridized carbons (Fsp3) is 0.250. The number of fused-ring (bicyclic) bond motifs is 1. The number of aromatic nitrogens is 2. The third-order valence-corrected chi connectivity index (χ3v) is 1.97. The lowest BCUT2D eigenvalue weighted by molar-refractivity contribution is 0.178. The molecule has 2 rings (SSSR count). The molecule has 0 unspecified atom stereocenters. The molecule has 2 aromatic heterocycles. The van der Waals surface area contributed by atoms with Crippen LogP contribution in [0.15, 0.2) is 18.5 Å². The minimum absolute atomic E-state index is 0.236. The molecule has 1 N–H and O–H groups in total. The van der Waals surface area contributed by atoms with Gasteiger partial charge in [-0.3, -0.25) is 0 Å². The molecule has 0 atom stereocenters. The molecule has 4 heteroatoms.